The number of nitrogens with one attached hydrogen (secondary N) is 1. The molecule has 12 nitrogen and oxygen atoms in total. The Balaban J connectivity index is 1.60. The van der Waals surface area contributed by atoms with Crippen molar-refractivity contribution in [1.82, 2.24) is 28.8 Å². The maximum atomic E-state index is 14.2. The number of anilines is 2. The van der Waals surface area contributed by atoms with Crippen LogP contribution in [0.2, 0.25) is 0 Å². The molecule has 0 saturated carbocycles. The molecule has 200 valence electrons. The van der Waals surface area contributed by atoms with Crippen molar-refractivity contribution in [3.8, 4) is 11.7 Å². The topological polar surface area (TPSA) is 128 Å². The predicted molar refractivity (Wildman–Crippen MR) is 132 cm³/mol. The van der Waals surface area contributed by atoms with Crippen molar-refractivity contribution in [3.05, 3.63) is 24.0 Å². The Hall–Kier alpha value is -3.17. The lowest BCUT2D eigenvalue weighted by molar-refractivity contribution is 0.122. The average Bonchev–Trinajstić information content (AvgIpc) is 3.29. The first kappa shape index (κ1) is 25.5. The number of piperidine rings is 1. The Morgan fingerprint density at radius 2 is 1.86 bits per heavy atom. The van der Waals surface area contributed by atoms with Crippen LogP contribution in [0.4, 0.5) is 20.7 Å². The Labute approximate surface area is 212 Å². The van der Waals surface area contributed by atoms with E-state index < -0.39 is 22.3 Å². The molecule has 3 aromatic rings. The number of hydrogen-bond donors (Lipinski definition) is 1. The number of fused-ring (bicyclic) bond motifs is 1. The number of hydrogen-bond acceptors (Lipinski definition) is 10. The summed E-state index contributed by atoms with van der Waals surface area (Å²) in [6, 6.07) is 4.71. The number of aromatic nitrogens is 5. The highest BCUT2D eigenvalue weighted by molar-refractivity contribution is 7.88. The second-order valence-corrected chi connectivity index (χ2v) is 10.9. The van der Waals surface area contributed by atoms with Gasteiger partial charge in [0.1, 0.15) is 11.3 Å². The number of imidazole rings is 1. The first-order valence-electron chi connectivity index (χ1n) is 11.9. The van der Waals surface area contributed by atoms with Crippen LogP contribution in [0.1, 0.15) is 25.1 Å². The highest BCUT2D eigenvalue weighted by Gasteiger charge is 2.29. The van der Waals surface area contributed by atoms with Gasteiger partial charge in [-0.15, -0.1) is 0 Å². The monoisotopic (exact) mass is 538 g/mol. The molecule has 2 saturated heterocycles. The Morgan fingerprint density at radius 3 is 2.57 bits per heavy atom. The van der Waals surface area contributed by atoms with Crippen LogP contribution in [0.5, 0.6) is 5.75 Å². The highest BCUT2D eigenvalue weighted by atomic mass is 32.2. The summed E-state index contributed by atoms with van der Waals surface area (Å²) in [5.74, 6) is 0.265. The molecule has 5 rings (SSSR count). The fraction of sp³-hybridized carbons (Fsp3) is 0.545. The molecule has 1 N–H and O–H groups in total. The van der Waals surface area contributed by atoms with Crippen LogP contribution >= 0.6 is 0 Å². The van der Waals surface area contributed by atoms with Gasteiger partial charge in [-0.2, -0.15) is 15.0 Å². The van der Waals surface area contributed by atoms with Gasteiger partial charge in [0.25, 0.3) is 6.43 Å². The molecule has 15 heteroatoms. The summed E-state index contributed by atoms with van der Waals surface area (Å²) in [5.41, 5.74) is 0.625. The van der Waals surface area contributed by atoms with E-state index in [1.165, 1.54) is 22.2 Å². The van der Waals surface area contributed by atoms with Crippen molar-refractivity contribution >= 4 is 33.0 Å². The van der Waals surface area contributed by atoms with Gasteiger partial charge in [0.2, 0.25) is 27.9 Å². The number of benzene rings is 1. The van der Waals surface area contributed by atoms with Crippen LogP contribution in [0, 0.1) is 0 Å². The van der Waals surface area contributed by atoms with Crippen LogP contribution in [-0.4, -0.2) is 96.0 Å². The first-order valence-corrected chi connectivity index (χ1v) is 13.7. The van der Waals surface area contributed by atoms with Gasteiger partial charge in [-0.25, -0.2) is 26.5 Å². The average molecular weight is 539 g/mol. The summed E-state index contributed by atoms with van der Waals surface area (Å²) in [6.45, 7) is 2.69. The van der Waals surface area contributed by atoms with Crippen LogP contribution < -0.4 is 15.0 Å². The third-order valence-electron chi connectivity index (χ3n) is 6.38. The summed E-state index contributed by atoms with van der Waals surface area (Å²) in [5, 5.41) is 3.21. The Kier molecular flexibility index (Phi) is 7.09. The van der Waals surface area contributed by atoms with E-state index in [-0.39, 0.29) is 30.0 Å². The van der Waals surface area contributed by atoms with E-state index in [9.17, 15) is 17.2 Å². The second kappa shape index (κ2) is 10.3. The van der Waals surface area contributed by atoms with Gasteiger partial charge in [-0.3, -0.25) is 4.57 Å². The molecule has 2 aliphatic heterocycles. The van der Waals surface area contributed by atoms with Crippen molar-refractivity contribution in [2.75, 3.05) is 63.0 Å². The fourth-order valence-electron chi connectivity index (χ4n) is 4.58. The molecule has 0 spiro atoms. The second-order valence-electron chi connectivity index (χ2n) is 8.90. The third kappa shape index (κ3) is 5.29. The summed E-state index contributed by atoms with van der Waals surface area (Å²) >= 11 is 0. The molecule has 37 heavy (non-hydrogen) atoms. The molecule has 2 aromatic heterocycles. The largest absolute Gasteiger partial charge is 0.494 e. The van der Waals surface area contributed by atoms with Gasteiger partial charge in [0, 0.05) is 32.2 Å². The number of nitrogens with zero attached hydrogens (tertiary/aromatic N) is 7. The van der Waals surface area contributed by atoms with Crippen LogP contribution in [0.25, 0.3) is 17.0 Å². The maximum absolute atomic E-state index is 14.2. The minimum absolute atomic E-state index is 0.0270. The quantitative estimate of drug-likeness (QED) is 0.476. The van der Waals surface area contributed by atoms with Gasteiger partial charge in [-0.1, -0.05) is 6.07 Å². The number of halogens is 2. The van der Waals surface area contributed by atoms with Crippen LogP contribution in [0.15, 0.2) is 18.2 Å². The lowest BCUT2D eigenvalue weighted by Crippen LogP contribution is -2.45. The number of morpholine rings is 1. The Bertz CT molecular complexity index is 1380. The lowest BCUT2D eigenvalue weighted by Gasteiger charge is -2.32. The maximum Gasteiger partial charge on any atom is 0.296 e. The van der Waals surface area contributed by atoms with Crippen LogP contribution in [0.3, 0.4) is 0 Å². The molecule has 0 aliphatic carbocycles. The summed E-state index contributed by atoms with van der Waals surface area (Å²) < 4.78 is 65.9. The number of methoxy groups -OCH3 is 1. The normalized spacial score (nSPS) is 19.5. The van der Waals surface area contributed by atoms with E-state index in [2.05, 4.69) is 25.3 Å². The molecule has 2 aliphatic rings. The van der Waals surface area contributed by atoms with Crippen molar-refractivity contribution in [2.45, 2.75) is 25.3 Å². The van der Waals surface area contributed by atoms with Gasteiger partial charge in [0.05, 0.1) is 32.1 Å². The summed E-state index contributed by atoms with van der Waals surface area (Å²) in [7, 11) is -1.91. The predicted octanol–water partition coefficient (Wildman–Crippen LogP) is 1.83. The van der Waals surface area contributed by atoms with E-state index in [0.717, 1.165) is 0 Å². The zero-order valence-electron chi connectivity index (χ0n) is 20.5. The molecule has 0 amide bonds. The van der Waals surface area contributed by atoms with Gasteiger partial charge in [0.15, 0.2) is 5.82 Å². The van der Waals surface area contributed by atoms with Crippen molar-refractivity contribution in [1.29, 1.82) is 0 Å². The Morgan fingerprint density at radius 1 is 1.11 bits per heavy atom. The van der Waals surface area contributed by atoms with E-state index in [1.807, 2.05) is 4.90 Å². The highest BCUT2D eigenvalue weighted by Crippen LogP contribution is 2.32. The zero-order chi connectivity index (χ0) is 26.2. The van der Waals surface area contributed by atoms with Crippen molar-refractivity contribution in [2.24, 2.45) is 0 Å². The number of alkyl halides is 2. The molecule has 1 atom stereocenters. The van der Waals surface area contributed by atoms with E-state index >= 15 is 0 Å². The molecule has 0 radical (unpaired) electrons. The van der Waals surface area contributed by atoms with Crippen molar-refractivity contribution in [3.63, 3.8) is 0 Å². The molecule has 0 unspecified atom stereocenters. The zero-order valence-corrected chi connectivity index (χ0v) is 21.3. The summed E-state index contributed by atoms with van der Waals surface area (Å²) in [4.78, 5) is 19.6. The fourth-order valence-corrected chi connectivity index (χ4v) is 5.49. The van der Waals surface area contributed by atoms with E-state index in [4.69, 9.17) is 9.47 Å². The van der Waals surface area contributed by atoms with Crippen molar-refractivity contribution < 1.29 is 26.7 Å². The summed E-state index contributed by atoms with van der Waals surface area (Å²) in [6.07, 6.45) is -0.357. The minimum atomic E-state index is -3.36. The molecular formula is C22H28F2N8O4S. The SMILES string of the molecule is COc1cccc2c1nc(C(F)F)n2-c1nc(N[C@@H]2CCCN(S(C)(=O)=O)C2)nc(N2CCOCC2)n1. The van der Waals surface area contributed by atoms with Gasteiger partial charge < -0.3 is 19.7 Å². The number of para-hydroxylation sites is 1. The third-order valence-corrected chi connectivity index (χ3v) is 7.65. The molecule has 0 bridgehead atoms. The lowest BCUT2D eigenvalue weighted by atomic mass is 10.1. The molecule has 1 aromatic carbocycles. The van der Waals surface area contributed by atoms with E-state index in [0.29, 0.717) is 62.9 Å². The van der Waals surface area contributed by atoms with Crippen LogP contribution in [-0.2, 0) is 14.8 Å². The number of ether oxygens (including phenoxy) is 2. The molecule has 4 heterocycles. The first-order chi connectivity index (χ1) is 17.7. The minimum Gasteiger partial charge on any atom is -0.494 e. The van der Waals surface area contributed by atoms with E-state index in [1.54, 1.807) is 18.2 Å². The number of sulfonamides is 1. The smallest absolute Gasteiger partial charge is 0.296 e. The van der Waals surface area contributed by atoms with Gasteiger partial charge in [-0.05, 0) is 25.0 Å². The number of rotatable bonds is 7. The van der Waals surface area contributed by atoms with Gasteiger partial charge >= 0.3 is 0 Å². The standard InChI is InChI=1S/C22H28F2N8O4S/c1-35-16-7-3-6-15-17(16)26-19(18(23)24)32(15)22-28-20(27-21(29-22)30-9-11-36-12-10-30)25-14-5-4-8-31(13-14)37(2,33)34/h3,6-7,14,18H,4-5,8-13H2,1-2H3,(H,25,27,28,29)/t14-/m1/s1. The molecule has 2 fully saturated rings. The molecular weight excluding hydrogens is 510 g/mol.